The van der Waals surface area contributed by atoms with Crippen LogP contribution in [0.15, 0.2) is 42.7 Å². The summed E-state index contributed by atoms with van der Waals surface area (Å²) in [6, 6.07) is 9.05. The zero-order chi connectivity index (χ0) is 20.2. The molecule has 0 saturated carbocycles. The SMILES string of the molecule is O=C(Nc1ccc(CN2C(=O)CSC2=O)cc1)C1CCN(c2ncccn2)CC1. The standard InChI is InChI=1S/C20H21N5O3S/c26-17-13-29-20(28)25(17)12-14-2-4-16(5-3-14)23-18(27)15-6-10-24(11-7-15)19-21-8-1-9-22-19/h1-5,8-9,15H,6-7,10-13H2,(H,23,27). The number of nitrogens with zero attached hydrogens (tertiary/aromatic N) is 4. The highest BCUT2D eigenvalue weighted by Gasteiger charge is 2.30. The Kier molecular flexibility index (Phi) is 5.75. The van der Waals surface area contributed by atoms with Crippen molar-refractivity contribution in [1.29, 1.82) is 0 Å². The minimum Gasteiger partial charge on any atom is -0.341 e. The minimum absolute atomic E-state index is 0.00711. The Morgan fingerprint density at radius 1 is 1.10 bits per heavy atom. The van der Waals surface area contributed by atoms with Gasteiger partial charge in [-0.25, -0.2) is 9.97 Å². The van der Waals surface area contributed by atoms with E-state index in [1.807, 2.05) is 12.1 Å². The van der Waals surface area contributed by atoms with Crippen LogP contribution >= 0.6 is 11.8 Å². The normalized spacial score (nSPS) is 17.7. The van der Waals surface area contributed by atoms with Gasteiger partial charge in [-0.2, -0.15) is 0 Å². The first-order chi connectivity index (χ1) is 14.1. The highest BCUT2D eigenvalue weighted by atomic mass is 32.2. The van der Waals surface area contributed by atoms with E-state index < -0.39 is 0 Å². The lowest BCUT2D eigenvalue weighted by atomic mass is 9.96. The van der Waals surface area contributed by atoms with E-state index in [0.29, 0.717) is 11.6 Å². The molecule has 0 unspecified atom stereocenters. The van der Waals surface area contributed by atoms with Gasteiger partial charge in [0.2, 0.25) is 17.8 Å². The first kappa shape index (κ1) is 19.4. The first-order valence-electron chi connectivity index (χ1n) is 9.49. The van der Waals surface area contributed by atoms with E-state index in [1.54, 1.807) is 30.6 Å². The average Bonchev–Trinajstić information content (AvgIpc) is 3.08. The van der Waals surface area contributed by atoms with Crippen molar-refractivity contribution < 1.29 is 14.4 Å². The van der Waals surface area contributed by atoms with Crippen LogP contribution in [-0.2, 0) is 16.1 Å². The molecular formula is C20H21N5O3S. The van der Waals surface area contributed by atoms with Gasteiger partial charge < -0.3 is 10.2 Å². The first-order valence-corrected chi connectivity index (χ1v) is 10.5. The zero-order valence-electron chi connectivity index (χ0n) is 15.8. The van der Waals surface area contributed by atoms with E-state index in [9.17, 15) is 14.4 Å². The van der Waals surface area contributed by atoms with E-state index in [0.717, 1.165) is 43.3 Å². The molecule has 2 fully saturated rings. The number of benzene rings is 1. The quantitative estimate of drug-likeness (QED) is 0.808. The Morgan fingerprint density at radius 3 is 2.41 bits per heavy atom. The molecule has 8 nitrogen and oxygen atoms in total. The number of amides is 3. The Hall–Kier alpha value is -2.94. The number of anilines is 2. The fourth-order valence-corrected chi connectivity index (χ4v) is 4.18. The summed E-state index contributed by atoms with van der Waals surface area (Å²) in [5.41, 5.74) is 1.56. The van der Waals surface area contributed by atoms with Gasteiger partial charge >= 0.3 is 0 Å². The van der Waals surface area contributed by atoms with Crippen LogP contribution in [0.4, 0.5) is 16.4 Å². The van der Waals surface area contributed by atoms with Gasteiger partial charge in [-0.05, 0) is 36.6 Å². The third-order valence-electron chi connectivity index (χ3n) is 5.10. The minimum atomic E-state index is -0.209. The van der Waals surface area contributed by atoms with Crippen molar-refractivity contribution in [1.82, 2.24) is 14.9 Å². The highest BCUT2D eigenvalue weighted by molar-refractivity contribution is 8.14. The summed E-state index contributed by atoms with van der Waals surface area (Å²) in [6.07, 6.45) is 4.94. The van der Waals surface area contributed by atoms with Crippen molar-refractivity contribution in [2.75, 3.05) is 29.1 Å². The summed E-state index contributed by atoms with van der Waals surface area (Å²) < 4.78 is 0. The van der Waals surface area contributed by atoms with Gasteiger partial charge in [0.1, 0.15) is 0 Å². The van der Waals surface area contributed by atoms with E-state index >= 15 is 0 Å². The van der Waals surface area contributed by atoms with Gasteiger partial charge in [-0.3, -0.25) is 19.3 Å². The lowest BCUT2D eigenvalue weighted by Crippen LogP contribution is -2.39. The smallest absolute Gasteiger partial charge is 0.289 e. The number of carbonyl (C=O) groups is 3. The summed E-state index contributed by atoms with van der Waals surface area (Å²) in [7, 11) is 0. The van der Waals surface area contributed by atoms with Crippen molar-refractivity contribution >= 4 is 40.5 Å². The number of aromatic nitrogens is 2. The maximum absolute atomic E-state index is 12.6. The molecule has 3 heterocycles. The molecule has 1 aromatic carbocycles. The molecule has 2 saturated heterocycles. The summed E-state index contributed by atoms with van der Waals surface area (Å²) in [6.45, 7) is 1.76. The maximum atomic E-state index is 12.6. The summed E-state index contributed by atoms with van der Waals surface area (Å²) in [5, 5.41) is 2.76. The largest absolute Gasteiger partial charge is 0.341 e. The maximum Gasteiger partial charge on any atom is 0.289 e. The van der Waals surface area contributed by atoms with Crippen LogP contribution in [0.5, 0.6) is 0 Å². The molecule has 0 atom stereocenters. The van der Waals surface area contributed by atoms with Crippen molar-refractivity contribution in [2.45, 2.75) is 19.4 Å². The number of piperidine rings is 1. The Labute approximate surface area is 172 Å². The molecule has 2 aromatic rings. The predicted molar refractivity (Wildman–Crippen MR) is 110 cm³/mol. The van der Waals surface area contributed by atoms with Crippen LogP contribution in [0.1, 0.15) is 18.4 Å². The third-order valence-corrected chi connectivity index (χ3v) is 5.96. The van der Waals surface area contributed by atoms with Crippen molar-refractivity contribution in [2.24, 2.45) is 5.92 Å². The second-order valence-corrected chi connectivity index (χ2v) is 7.96. The molecule has 0 aliphatic carbocycles. The van der Waals surface area contributed by atoms with Crippen molar-refractivity contribution in [3.8, 4) is 0 Å². The van der Waals surface area contributed by atoms with Gasteiger partial charge in [0, 0.05) is 37.1 Å². The molecule has 4 rings (SSSR count). The van der Waals surface area contributed by atoms with Gasteiger partial charge in [-0.1, -0.05) is 23.9 Å². The molecule has 150 valence electrons. The van der Waals surface area contributed by atoms with Gasteiger partial charge in [0.25, 0.3) is 5.24 Å². The fraction of sp³-hybridized carbons (Fsp3) is 0.350. The lowest BCUT2D eigenvalue weighted by molar-refractivity contribution is -0.125. The van der Waals surface area contributed by atoms with Gasteiger partial charge in [0.15, 0.2) is 0 Å². The Bertz CT molecular complexity index is 882. The molecule has 2 aliphatic heterocycles. The zero-order valence-corrected chi connectivity index (χ0v) is 16.6. The third kappa shape index (κ3) is 4.56. The fourth-order valence-electron chi connectivity index (χ4n) is 3.45. The molecule has 3 amide bonds. The number of carbonyl (C=O) groups excluding carboxylic acids is 3. The van der Waals surface area contributed by atoms with Crippen LogP contribution in [0.2, 0.25) is 0 Å². The Balaban J connectivity index is 1.29. The molecular weight excluding hydrogens is 390 g/mol. The van der Waals surface area contributed by atoms with Crippen molar-refractivity contribution in [3.63, 3.8) is 0 Å². The molecule has 1 N–H and O–H groups in total. The molecule has 0 spiro atoms. The molecule has 0 bridgehead atoms. The number of hydrogen-bond donors (Lipinski definition) is 1. The summed E-state index contributed by atoms with van der Waals surface area (Å²) in [4.78, 5) is 47.9. The molecule has 29 heavy (non-hydrogen) atoms. The van der Waals surface area contributed by atoms with Crippen molar-refractivity contribution in [3.05, 3.63) is 48.3 Å². The van der Waals surface area contributed by atoms with Gasteiger partial charge in [0.05, 0.1) is 12.3 Å². The summed E-state index contributed by atoms with van der Waals surface area (Å²) in [5.74, 6) is 0.710. The van der Waals surface area contributed by atoms with Crippen LogP contribution in [0.3, 0.4) is 0 Å². The topological polar surface area (TPSA) is 95.5 Å². The number of thioether (sulfide) groups is 1. The second-order valence-electron chi connectivity index (χ2n) is 7.03. The van der Waals surface area contributed by atoms with E-state index in [2.05, 4.69) is 20.2 Å². The van der Waals surface area contributed by atoms with Crippen LogP contribution in [-0.4, -0.2) is 50.8 Å². The van der Waals surface area contributed by atoms with Crippen LogP contribution in [0, 0.1) is 5.92 Å². The molecule has 9 heteroatoms. The highest BCUT2D eigenvalue weighted by Crippen LogP contribution is 2.24. The average molecular weight is 411 g/mol. The monoisotopic (exact) mass is 411 g/mol. The number of hydrogen-bond acceptors (Lipinski definition) is 7. The molecule has 1 aromatic heterocycles. The summed E-state index contributed by atoms with van der Waals surface area (Å²) >= 11 is 1.03. The number of nitrogens with one attached hydrogen (secondary N) is 1. The molecule has 0 radical (unpaired) electrons. The lowest BCUT2D eigenvalue weighted by Gasteiger charge is -2.31. The van der Waals surface area contributed by atoms with E-state index in [1.165, 1.54) is 4.90 Å². The van der Waals surface area contributed by atoms with E-state index in [-0.39, 0.29) is 35.3 Å². The van der Waals surface area contributed by atoms with E-state index in [4.69, 9.17) is 0 Å². The van der Waals surface area contributed by atoms with Gasteiger partial charge in [-0.15, -0.1) is 0 Å². The predicted octanol–water partition coefficient (Wildman–Crippen LogP) is 2.53. The van der Waals surface area contributed by atoms with Crippen LogP contribution < -0.4 is 10.2 Å². The second kappa shape index (κ2) is 8.60. The Morgan fingerprint density at radius 2 is 1.79 bits per heavy atom. The number of imide groups is 1. The molecule has 2 aliphatic rings. The number of rotatable bonds is 5. The van der Waals surface area contributed by atoms with Crippen LogP contribution in [0.25, 0.3) is 0 Å².